The minimum Gasteiger partial charge on any atom is -0.323 e. The van der Waals surface area contributed by atoms with E-state index in [1.165, 1.54) is 36.1 Å². The SMILES string of the molecule is Cc1cc(C(=O)N2CCC2(C)C(=O)NS(=O)(=O)c2ccc(C#N)cc2)nn1C. The molecule has 1 aliphatic rings. The summed E-state index contributed by atoms with van der Waals surface area (Å²) in [6.07, 6.45) is 0.333. The number of aromatic nitrogens is 2. The topological polar surface area (TPSA) is 125 Å². The number of hydrogen-bond donors (Lipinski definition) is 1. The first-order valence-corrected chi connectivity index (χ1v) is 9.97. The van der Waals surface area contributed by atoms with E-state index in [1.807, 2.05) is 10.8 Å². The van der Waals surface area contributed by atoms with Gasteiger partial charge in [0.2, 0.25) is 0 Å². The van der Waals surface area contributed by atoms with Gasteiger partial charge in [-0.05, 0) is 50.6 Å². The summed E-state index contributed by atoms with van der Waals surface area (Å²) in [5, 5.41) is 12.9. The number of likely N-dealkylation sites (tertiary alicyclic amines) is 1. The fourth-order valence-electron chi connectivity index (χ4n) is 2.92. The first-order valence-electron chi connectivity index (χ1n) is 8.48. The highest BCUT2D eigenvalue weighted by atomic mass is 32.2. The molecule has 1 aromatic carbocycles. The van der Waals surface area contributed by atoms with Gasteiger partial charge in [-0.3, -0.25) is 14.3 Å². The molecule has 0 spiro atoms. The molecular weight excluding hydrogens is 382 g/mol. The molecule has 0 radical (unpaired) electrons. The van der Waals surface area contributed by atoms with Crippen molar-refractivity contribution in [3.63, 3.8) is 0 Å². The molecule has 3 rings (SSSR count). The summed E-state index contributed by atoms with van der Waals surface area (Å²) in [6.45, 7) is 3.65. The summed E-state index contributed by atoms with van der Waals surface area (Å²) in [4.78, 5) is 26.6. The Balaban J connectivity index is 1.79. The van der Waals surface area contributed by atoms with Crippen molar-refractivity contribution in [2.24, 2.45) is 7.05 Å². The lowest BCUT2D eigenvalue weighted by Crippen LogP contribution is -2.67. The fraction of sp³-hybridized carbons (Fsp3) is 0.333. The number of nitrogens with zero attached hydrogens (tertiary/aromatic N) is 4. The number of carbonyl (C=O) groups is 2. The highest BCUT2D eigenvalue weighted by Gasteiger charge is 2.51. The fourth-order valence-corrected chi connectivity index (χ4v) is 4.00. The average Bonchev–Trinajstić information content (AvgIpc) is 2.98. The number of sulfonamides is 1. The van der Waals surface area contributed by atoms with Crippen LogP contribution in [-0.4, -0.2) is 47.0 Å². The summed E-state index contributed by atoms with van der Waals surface area (Å²) in [5.41, 5.74) is 0.00748. The van der Waals surface area contributed by atoms with Crippen LogP contribution in [0.4, 0.5) is 0 Å². The van der Waals surface area contributed by atoms with Gasteiger partial charge in [-0.25, -0.2) is 13.1 Å². The number of nitriles is 1. The Morgan fingerprint density at radius 3 is 2.39 bits per heavy atom. The first-order chi connectivity index (χ1) is 13.1. The molecule has 2 amide bonds. The maximum atomic E-state index is 12.7. The zero-order chi connectivity index (χ0) is 20.7. The Morgan fingerprint density at radius 1 is 1.29 bits per heavy atom. The number of rotatable bonds is 4. The lowest BCUT2D eigenvalue weighted by Gasteiger charge is -2.48. The van der Waals surface area contributed by atoms with Crippen LogP contribution in [-0.2, 0) is 21.9 Å². The van der Waals surface area contributed by atoms with Crippen molar-refractivity contribution in [3.05, 3.63) is 47.3 Å². The van der Waals surface area contributed by atoms with E-state index in [0.717, 1.165) is 5.69 Å². The smallest absolute Gasteiger partial charge is 0.275 e. The number of hydrogen-bond acceptors (Lipinski definition) is 6. The summed E-state index contributed by atoms with van der Waals surface area (Å²) >= 11 is 0. The van der Waals surface area contributed by atoms with Gasteiger partial charge in [0.25, 0.3) is 21.8 Å². The molecule has 1 unspecified atom stereocenters. The van der Waals surface area contributed by atoms with Gasteiger partial charge in [-0.15, -0.1) is 0 Å². The van der Waals surface area contributed by atoms with Gasteiger partial charge in [0.15, 0.2) is 5.69 Å². The van der Waals surface area contributed by atoms with Gasteiger partial charge >= 0.3 is 0 Å². The van der Waals surface area contributed by atoms with E-state index in [-0.39, 0.29) is 10.6 Å². The van der Waals surface area contributed by atoms with Crippen molar-refractivity contribution in [1.29, 1.82) is 5.26 Å². The van der Waals surface area contributed by atoms with E-state index in [9.17, 15) is 18.0 Å². The van der Waals surface area contributed by atoms with Crippen molar-refractivity contribution in [2.75, 3.05) is 6.54 Å². The largest absolute Gasteiger partial charge is 0.323 e. The van der Waals surface area contributed by atoms with Crippen molar-refractivity contribution in [2.45, 2.75) is 30.7 Å². The van der Waals surface area contributed by atoms with Gasteiger partial charge in [0.05, 0.1) is 16.5 Å². The number of aryl methyl sites for hydroxylation is 2. The van der Waals surface area contributed by atoms with Gasteiger partial charge in [0.1, 0.15) is 5.54 Å². The molecule has 1 N–H and O–H groups in total. The van der Waals surface area contributed by atoms with Crippen molar-refractivity contribution >= 4 is 21.8 Å². The maximum Gasteiger partial charge on any atom is 0.275 e. The zero-order valence-corrected chi connectivity index (χ0v) is 16.4. The third kappa shape index (κ3) is 3.25. The Morgan fingerprint density at radius 2 is 1.93 bits per heavy atom. The minimum atomic E-state index is -4.13. The Kier molecular flexibility index (Phi) is 4.72. The zero-order valence-electron chi connectivity index (χ0n) is 15.6. The predicted molar refractivity (Wildman–Crippen MR) is 98.5 cm³/mol. The molecule has 1 saturated heterocycles. The predicted octanol–water partition coefficient (Wildman–Crippen LogP) is 0.710. The van der Waals surface area contributed by atoms with E-state index >= 15 is 0 Å². The molecule has 1 aromatic heterocycles. The second-order valence-electron chi connectivity index (χ2n) is 6.85. The third-order valence-electron chi connectivity index (χ3n) is 5.01. The van der Waals surface area contributed by atoms with Crippen LogP contribution in [0.15, 0.2) is 35.2 Å². The Bertz CT molecular complexity index is 1080. The molecule has 2 heterocycles. The van der Waals surface area contributed by atoms with Crippen molar-refractivity contribution in [1.82, 2.24) is 19.4 Å². The van der Waals surface area contributed by atoms with Crippen LogP contribution >= 0.6 is 0 Å². The highest BCUT2D eigenvalue weighted by molar-refractivity contribution is 7.90. The molecule has 1 aliphatic heterocycles. The van der Waals surface area contributed by atoms with E-state index < -0.39 is 27.4 Å². The molecule has 10 heteroatoms. The van der Waals surface area contributed by atoms with E-state index in [2.05, 4.69) is 5.10 Å². The number of benzene rings is 1. The van der Waals surface area contributed by atoms with Crippen LogP contribution in [0.25, 0.3) is 0 Å². The average molecular weight is 401 g/mol. The molecule has 28 heavy (non-hydrogen) atoms. The number of amides is 2. The Hall–Kier alpha value is -3.19. The molecule has 1 fully saturated rings. The highest BCUT2D eigenvalue weighted by Crippen LogP contribution is 2.32. The third-order valence-corrected chi connectivity index (χ3v) is 6.35. The molecule has 1 atom stereocenters. The first kappa shape index (κ1) is 19.6. The summed E-state index contributed by atoms with van der Waals surface area (Å²) in [7, 11) is -2.42. The monoisotopic (exact) mass is 401 g/mol. The van der Waals surface area contributed by atoms with Gasteiger partial charge < -0.3 is 4.90 Å². The lowest BCUT2D eigenvalue weighted by atomic mass is 9.85. The van der Waals surface area contributed by atoms with Crippen LogP contribution in [0.2, 0.25) is 0 Å². The maximum absolute atomic E-state index is 12.7. The molecule has 146 valence electrons. The molecule has 9 nitrogen and oxygen atoms in total. The van der Waals surface area contributed by atoms with Crippen molar-refractivity contribution < 1.29 is 18.0 Å². The van der Waals surface area contributed by atoms with E-state index in [4.69, 9.17) is 5.26 Å². The van der Waals surface area contributed by atoms with E-state index in [1.54, 1.807) is 24.7 Å². The van der Waals surface area contributed by atoms with Crippen molar-refractivity contribution in [3.8, 4) is 6.07 Å². The quantitative estimate of drug-likeness (QED) is 0.804. The molecule has 2 aromatic rings. The Labute approximate surface area is 162 Å². The lowest BCUT2D eigenvalue weighted by molar-refractivity contribution is -0.135. The minimum absolute atomic E-state index is 0.138. The van der Waals surface area contributed by atoms with Crippen LogP contribution < -0.4 is 4.72 Å². The summed E-state index contributed by atoms with van der Waals surface area (Å²) in [6, 6.07) is 8.71. The standard InChI is InChI=1S/C18H19N5O4S/c1-12-10-15(20-22(12)3)16(24)23-9-8-18(23,2)17(25)21-28(26,27)14-6-4-13(11-19)5-7-14/h4-7,10H,8-9H2,1-3H3,(H,21,25). The normalized spacial score (nSPS) is 18.9. The van der Waals surface area contributed by atoms with Gasteiger partial charge in [0, 0.05) is 19.3 Å². The van der Waals surface area contributed by atoms with Crippen LogP contribution in [0.5, 0.6) is 0 Å². The van der Waals surface area contributed by atoms with Crippen LogP contribution in [0.3, 0.4) is 0 Å². The molecular formula is C18H19N5O4S. The van der Waals surface area contributed by atoms with E-state index in [0.29, 0.717) is 18.5 Å². The number of carbonyl (C=O) groups excluding carboxylic acids is 2. The van der Waals surface area contributed by atoms with Crippen LogP contribution in [0, 0.1) is 18.3 Å². The molecule has 0 aliphatic carbocycles. The summed E-state index contributed by atoms with van der Waals surface area (Å²) in [5.74, 6) is -1.22. The van der Waals surface area contributed by atoms with Gasteiger partial charge in [-0.1, -0.05) is 0 Å². The number of nitrogens with one attached hydrogen (secondary N) is 1. The van der Waals surface area contributed by atoms with Gasteiger partial charge in [-0.2, -0.15) is 10.4 Å². The molecule has 0 bridgehead atoms. The molecule has 0 saturated carbocycles. The van der Waals surface area contributed by atoms with Crippen LogP contribution in [0.1, 0.15) is 35.1 Å². The second-order valence-corrected chi connectivity index (χ2v) is 8.53. The summed E-state index contributed by atoms with van der Waals surface area (Å²) < 4.78 is 28.6. The second kappa shape index (κ2) is 6.76.